The van der Waals surface area contributed by atoms with Crippen molar-refractivity contribution in [1.82, 2.24) is 0 Å². The second kappa shape index (κ2) is 6.60. The van der Waals surface area contributed by atoms with Gasteiger partial charge in [0.05, 0.1) is 0 Å². The fourth-order valence-corrected chi connectivity index (χ4v) is 2.83. The molecule has 0 spiro atoms. The third kappa shape index (κ3) is 3.98. The van der Waals surface area contributed by atoms with Crippen molar-refractivity contribution in [3.8, 4) is 0 Å². The average molecular weight is 260 g/mol. The van der Waals surface area contributed by atoms with Gasteiger partial charge in [0.25, 0.3) is 0 Å². The van der Waals surface area contributed by atoms with Crippen molar-refractivity contribution < 1.29 is 4.79 Å². The summed E-state index contributed by atoms with van der Waals surface area (Å²) in [6, 6.07) is 7.51. The quantitative estimate of drug-likeness (QED) is 0.667. The summed E-state index contributed by atoms with van der Waals surface area (Å²) in [5.41, 5.74) is 7.35. The molecule has 1 fully saturated rings. The minimum absolute atomic E-state index is 0.206. The van der Waals surface area contributed by atoms with Gasteiger partial charge in [-0.3, -0.25) is 4.79 Å². The lowest BCUT2D eigenvalue weighted by atomic mass is 9.96. The van der Waals surface area contributed by atoms with E-state index in [2.05, 4.69) is 0 Å². The molecule has 3 nitrogen and oxygen atoms in total. The summed E-state index contributed by atoms with van der Waals surface area (Å²) >= 11 is 0. The standard InChI is InChI=1S/C16H24N2O/c1-18(15-10-6-9-14(17)12-15)16(19)11-13-7-4-2-3-5-8-13/h6,9-10,12-13H,2-5,7-8,11,17H2,1H3. The number of benzene rings is 1. The normalized spacial score (nSPS) is 16.9. The van der Waals surface area contributed by atoms with Gasteiger partial charge in [-0.05, 0) is 37.0 Å². The van der Waals surface area contributed by atoms with E-state index in [0.717, 1.165) is 5.69 Å². The van der Waals surface area contributed by atoms with Crippen LogP contribution in [-0.2, 0) is 4.79 Å². The molecule has 19 heavy (non-hydrogen) atoms. The van der Waals surface area contributed by atoms with Crippen molar-refractivity contribution in [2.75, 3.05) is 17.7 Å². The highest BCUT2D eigenvalue weighted by atomic mass is 16.2. The number of hydrogen-bond acceptors (Lipinski definition) is 2. The van der Waals surface area contributed by atoms with Crippen LogP contribution in [-0.4, -0.2) is 13.0 Å². The molecule has 1 aliphatic carbocycles. The second-order valence-electron chi connectivity index (χ2n) is 5.61. The Labute approximate surface area is 115 Å². The number of carbonyl (C=O) groups is 1. The van der Waals surface area contributed by atoms with E-state index in [0.29, 0.717) is 18.0 Å². The van der Waals surface area contributed by atoms with Gasteiger partial charge >= 0.3 is 0 Å². The summed E-state index contributed by atoms with van der Waals surface area (Å²) in [6.07, 6.45) is 8.30. The Bertz CT molecular complexity index is 423. The van der Waals surface area contributed by atoms with Crippen molar-refractivity contribution in [3.63, 3.8) is 0 Å². The van der Waals surface area contributed by atoms with E-state index in [-0.39, 0.29) is 5.91 Å². The Morgan fingerprint density at radius 3 is 2.58 bits per heavy atom. The molecule has 1 aromatic carbocycles. The number of amides is 1. The predicted molar refractivity (Wildman–Crippen MR) is 80.1 cm³/mol. The summed E-state index contributed by atoms with van der Waals surface area (Å²) in [5.74, 6) is 0.774. The third-order valence-corrected chi connectivity index (χ3v) is 4.07. The van der Waals surface area contributed by atoms with Crippen molar-refractivity contribution in [3.05, 3.63) is 24.3 Å². The van der Waals surface area contributed by atoms with Crippen molar-refractivity contribution in [2.24, 2.45) is 5.92 Å². The highest BCUT2D eigenvalue weighted by Crippen LogP contribution is 2.27. The van der Waals surface area contributed by atoms with Crippen LogP contribution in [0.25, 0.3) is 0 Å². The number of carbonyl (C=O) groups excluding carboxylic acids is 1. The highest BCUT2D eigenvalue weighted by Gasteiger charge is 2.19. The van der Waals surface area contributed by atoms with Gasteiger partial charge in [-0.1, -0.05) is 31.7 Å². The summed E-state index contributed by atoms with van der Waals surface area (Å²) in [4.78, 5) is 14.1. The molecule has 1 saturated carbocycles. The topological polar surface area (TPSA) is 46.3 Å². The molecular weight excluding hydrogens is 236 g/mol. The van der Waals surface area contributed by atoms with Crippen LogP contribution in [0, 0.1) is 5.92 Å². The summed E-state index contributed by atoms with van der Waals surface area (Å²) < 4.78 is 0. The minimum Gasteiger partial charge on any atom is -0.399 e. The molecule has 0 aliphatic heterocycles. The van der Waals surface area contributed by atoms with Gasteiger partial charge in [-0.25, -0.2) is 0 Å². The molecule has 0 heterocycles. The Morgan fingerprint density at radius 1 is 1.26 bits per heavy atom. The fourth-order valence-electron chi connectivity index (χ4n) is 2.83. The monoisotopic (exact) mass is 260 g/mol. The molecule has 1 aromatic rings. The van der Waals surface area contributed by atoms with Gasteiger partial charge in [-0.15, -0.1) is 0 Å². The molecule has 1 aliphatic rings. The van der Waals surface area contributed by atoms with E-state index in [1.807, 2.05) is 31.3 Å². The average Bonchev–Trinajstić information content (AvgIpc) is 2.66. The second-order valence-corrected chi connectivity index (χ2v) is 5.61. The van der Waals surface area contributed by atoms with Gasteiger partial charge in [0.2, 0.25) is 5.91 Å². The van der Waals surface area contributed by atoms with Crippen molar-refractivity contribution >= 4 is 17.3 Å². The number of nitrogens with two attached hydrogens (primary N) is 1. The molecule has 2 rings (SSSR count). The fraction of sp³-hybridized carbons (Fsp3) is 0.562. The van der Waals surface area contributed by atoms with Crippen molar-refractivity contribution in [1.29, 1.82) is 0 Å². The first-order chi connectivity index (χ1) is 9.16. The molecule has 1 amide bonds. The molecule has 0 saturated heterocycles. The van der Waals surface area contributed by atoms with Crippen LogP contribution in [0.4, 0.5) is 11.4 Å². The van der Waals surface area contributed by atoms with E-state index < -0.39 is 0 Å². The molecule has 104 valence electrons. The molecule has 2 N–H and O–H groups in total. The predicted octanol–water partition coefficient (Wildman–Crippen LogP) is 3.59. The number of hydrogen-bond donors (Lipinski definition) is 1. The van der Waals surface area contributed by atoms with E-state index in [1.54, 1.807) is 4.90 Å². The molecular formula is C16H24N2O. The Hall–Kier alpha value is -1.51. The van der Waals surface area contributed by atoms with Crippen LogP contribution in [0.5, 0.6) is 0 Å². The third-order valence-electron chi connectivity index (χ3n) is 4.07. The van der Waals surface area contributed by atoms with Crippen molar-refractivity contribution in [2.45, 2.75) is 44.9 Å². The van der Waals surface area contributed by atoms with Crippen LogP contribution in [0.15, 0.2) is 24.3 Å². The van der Waals surface area contributed by atoms with Gasteiger partial charge in [0.15, 0.2) is 0 Å². The number of nitrogen functional groups attached to an aromatic ring is 1. The number of rotatable bonds is 3. The maximum atomic E-state index is 12.3. The number of nitrogens with zero attached hydrogens (tertiary/aromatic N) is 1. The minimum atomic E-state index is 0.206. The molecule has 0 aromatic heterocycles. The molecule has 0 bridgehead atoms. The molecule has 3 heteroatoms. The summed E-state index contributed by atoms with van der Waals surface area (Å²) in [6.45, 7) is 0. The Kier molecular flexibility index (Phi) is 4.83. The first kappa shape index (κ1) is 13.9. The zero-order chi connectivity index (χ0) is 13.7. The summed E-state index contributed by atoms with van der Waals surface area (Å²) in [5, 5.41) is 0. The lowest BCUT2D eigenvalue weighted by Crippen LogP contribution is -2.28. The molecule has 0 unspecified atom stereocenters. The maximum absolute atomic E-state index is 12.3. The SMILES string of the molecule is CN(C(=O)CC1CCCCCC1)c1cccc(N)c1. The van der Waals surface area contributed by atoms with E-state index >= 15 is 0 Å². The van der Waals surface area contributed by atoms with Gasteiger partial charge in [-0.2, -0.15) is 0 Å². The van der Waals surface area contributed by atoms with Crippen LogP contribution >= 0.6 is 0 Å². The summed E-state index contributed by atoms with van der Waals surface area (Å²) in [7, 11) is 1.84. The van der Waals surface area contributed by atoms with E-state index in [1.165, 1.54) is 38.5 Å². The zero-order valence-corrected chi connectivity index (χ0v) is 11.8. The Morgan fingerprint density at radius 2 is 1.95 bits per heavy atom. The van der Waals surface area contributed by atoms with Crippen LogP contribution in [0.1, 0.15) is 44.9 Å². The van der Waals surface area contributed by atoms with Gasteiger partial charge in [0.1, 0.15) is 0 Å². The molecule has 0 atom stereocenters. The van der Waals surface area contributed by atoms with E-state index in [4.69, 9.17) is 5.73 Å². The van der Waals surface area contributed by atoms with Gasteiger partial charge < -0.3 is 10.6 Å². The smallest absolute Gasteiger partial charge is 0.226 e. The van der Waals surface area contributed by atoms with Crippen LogP contribution < -0.4 is 10.6 Å². The largest absolute Gasteiger partial charge is 0.399 e. The maximum Gasteiger partial charge on any atom is 0.226 e. The van der Waals surface area contributed by atoms with Gasteiger partial charge in [0, 0.05) is 24.8 Å². The first-order valence-electron chi connectivity index (χ1n) is 7.29. The lowest BCUT2D eigenvalue weighted by Gasteiger charge is -2.21. The van der Waals surface area contributed by atoms with Crippen LogP contribution in [0.3, 0.4) is 0 Å². The molecule has 0 radical (unpaired) electrons. The number of anilines is 2. The zero-order valence-electron chi connectivity index (χ0n) is 11.8. The van der Waals surface area contributed by atoms with Crippen LogP contribution in [0.2, 0.25) is 0 Å². The highest BCUT2D eigenvalue weighted by molar-refractivity contribution is 5.93. The lowest BCUT2D eigenvalue weighted by molar-refractivity contribution is -0.119. The van der Waals surface area contributed by atoms with E-state index in [9.17, 15) is 4.79 Å². The first-order valence-corrected chi connectivity index (χ1v) is 7.29. The Balaban J connectivity index is 1.95.